The summed E-state index contributed by atoms with van der Waals surface area (Å²) in [5, 5.41) is 0. The van der Waals surface area contributed by atoms with Crippen molar-refractivity contribution < 1.29 is 8.42 Å². The quantitative estimate of drug-likeness (QED) is 0.689. The summed E-state index contributed by atoms with van der Waals surface area (Å²) in [7, 11) is -2.98. The van der Waals surface area contributed by atoms with Gasteiger partial charge in [0, 0.05) is 25.7 Å². The zero-order chi connectivity index (χ0) is 10.8. The smallest absolute Gasteiger partial charge is 0.213 e. The molecule has 1 heterocycles. The van der Waals surface area contributed by atoms with E-state index in [1.54, 1.807) is 11.2 Å². The number of sulfonamides is 1. The topological polar surface area (TPSA) is 40.6 Å². The molecular weight excluding hydrogens is 200 g/mol. The fourth-order valence-electron chi connectivity index (χ4n) is 1.87. The van der Waals surface area contributed by atoms with E-state index >= 15 is 0 Å². The summed E-state index contributed by atoms with van der Waals surface area (Å²) in [6, 6.07) is 0.343. The van der Waals surface area contributed by atoms with Crippen LogP contribution >= 0.6 is 0 Å². The molecule has 0 N–H and O–H groups in total. The fraction of sp³-hybridized carbons (Fsp3) is 1.00. The molecular formula is C9H20N2O2S. The normalized spacial score (nSPS) is 26.6. The van der Waals surface area contributed by atoms with E-state index in [1.165, 1.54) is 0 Å². The average Bonchev–Trinajstić information content (AvgIpc) is 2.17. The SMILES string of the molecule is CCN1CCN(S(=O)(=O)CC)CC1C. The van der Waals surface area contributed by atoms with Crippen LogP contribution in [-0.4, -0.2) is 55.6 Å². The van der Waals surface area contributed by atoms with Crippen LogP contribution in [0.2, 0.25) is 0 Å². The van der Waals surface area contributed by atoms with Gasteiger partial charge in [-0.3, -0.25) is 4.90 Å². The van der Waals surface area contributed by atoms with Gasteiger partial charge in [0.25, 0.3) is 0 Å². The van der Waals surface area contributed by atoms with Crippen LogP contribution in [0, 0.1) is 0 Å². The maximum Gasteiger partial charge on any atom is 0.213 e. The van der Waals surface area contributed by atoms with Gasteiger partial charge in [-0.25, -0.2) is 8.42 Å². The van der Waals surface area contributed by atoms with E-state index in [0.29, 0.717) is 19.1 Å². The molecule has 1 saturated heterocycles. The van der Waals surface area contributed by atoms with Crippen LogP contribution in [0.25, 0.3) is 0 Å². The van der Waals surface area contributed by atoms with Crippen LogP contribution in [0.15, 0.2) is 0 Å². The maximum atomic E-state index is 11.6. The Morgan fingerprint density at radius 3 is 2.36 bits per heavy atom. The molecule has 0 aromatic rings. The Labute approximate surface area is 86.9 Å². The number of piperazine rings is 1. The number of nitrogens with zero attached hydrogens (tertiary/aromatic N) is 2. The van der Waals surface area contributed by atoms with Crippen LogP contribution < -0.4 is 0 Å². The van der Waals surface area contributed by atoms with Gasteiger partial charge in [0.2, 0.25) is 10.0 Å². The number of hydrogen-bond donors (Lipinski definition) is 0. The molecule has 0 aromatic heterocycles. The number of likely N-dealkylation sites (N-methyl/N-ethyl adjacent to an activating group) is 1. The highest BCUT2D eigenvalue weighted by Gasteiger charge is 2.28. The summed E-state index contributed by atoms with van der Waals surface area (Å²) in [6.45, 7) is 9.05. The predicted octanol–water partition coefficient (Wildman–Crippen LogP) is 0.362. The fourth-order valence-corrected chi connectivity index (χ4v) is 3.03. The lowest BCUT2D eigenvalue weighted by molar-refractivity contribution is 0.136. The van der Waals surface area contributed by atoms with Crippen molar-refractivity contribution in [3.05, 3.63) is 0 Å². The second kappa shape index (κ2) is 4.59. The van der Waals surface area contributed by atoms with Crippen molar-refractivity contribution in [1.29, 1.82) is 0 Å². The Balaban J connectivity index is 2.63. The van der Waals surface area contributed by atoms with Gasteiger partial charge in [0.15, 0.2) is 0 Å². The standard InChI is InChI=1S/C9H20N2O2S/c1-4-10-6-7-11(8-9(10)3)14(12,13)5-2/h9H,4-8H2,1-3H3. The second-order valence-corrected chi connectivity index (χ2v) is 5.99. The molecule has 1 rings (SSSR count). The highest BCUT2D eigenvalue weighted by Crippen LogP contribution is 2.12. The molecule has 1 unspecified atom stereocenters. The summed E-state index contributed by atoms with van der Waals surface area (Å²) >= 11 is 0. The van der Waals surface area contributed by atoms with Gasteiger partial charge in [-0.15, -0.1) is 0 Å². The molecule has 0 saturated carbocycles. The lowest BCUT2D eigenvalue weighted by Gasteiger charge is -2.38. The second-order valence-electron chi connectivity index (χ2n) is 3.74. The third-order valence-corrected chi connectivity index (χ3v) is 4.74. The van der Waals surface area contributed by atoms with Crippen molar-refractivity contribution in [2.75, 3.05) is 31.9 Å². The maximum absolute atomic E-state index is 11.6. The zero-order valence-corrected chi connectivity index (χ0v) is 10.0. The Kier molecular flexibility index (Phi) is 3.92. The molecule has 1 fully saturated rings. The summed E-state index contributed by atoms with van der Waals surface area (Å²) in [4.78, 5) is 2.31. The van der Waals surface area contributed by atoms with E-state index < -0.39 is 10.0 Å². The minimum atomic E-state index is -2.98. The first-order chi connectivity index (χ1) is 6.51. The number of rotatable bonds is 3. The summed E-state index contributed by atoms with van der Waals surface area (Å²) in [5.41, 5.74) is 0. The van der Waals surface area contributed by atoms with E-state index in [9.17, 15) is 8.42 Å². The summed E-state index contributed by atoms with van der Waals surface area (Å²) in [6.07, 6.45) is 0. The van der Waals surface area contributed by atoms with E-state index in [4.69, 9.17) is 0 Å². The minimum Gasteiger partial charge on any atom is -0.298 e. The van der Waals surface area contributed by atoms with E-state index in [-0.39, 0.29) is 5.75 Å². The van der Waals surface area contributed by atoms with Crippen molar-refractivity contribution >= 4 is 10.0 Å². The first-order valence-corrected chi connectivity index (χ1v) is 6.84. The lowest BCUT2D eigenvalue weighted by atomic mass is 10.2. The van der Waals surface area contributed by atoms with Gasteiger partial charge in [0.1, 0.15) is 0 Å². The van der Waals surface area contributed by atoms with Gasteiger partial charge in [0.05, 0.1) is 5.75 Å². The van der Waals surface area contributed by atoms with Gasteiger partial charge in [-0.2, -0.15) is 4.31 Å². The molecule has 5 heteroatoms. The third-order valence-electron chi connectivity index (χ3n) is 2.89. The number of hydrogen-bond acceptors (Lipinski definition) is 3. The van der Waals surface area contributed by atoms with E-state index in [0.717, 1.165) is 13.1 Å². The van der Waals surface area contributed by atoms with Gasteiger partial charge < -0.3 is 0 Å². The molecule has 1 aliphatic heterocycles. The highest BCUT2D eigenvalue weighted by molar-refractivity contribution is 7.89. The lowest BCUT2D eigenvalue weighted by Crippen LogP contribution is -2.53. The molecule has 0 bridgehead atoms. The molecule has 84 valence electrons. The van der Waals surface area contributed by atoms with Crippen LogP contribution in [0.5, 0.6) is 0 Å². The van der Waals surface area contributed by atoms with Gasteiger partial charge in [-0.05, 0) is 20.4 Å². The van der Waals surface area contributed by atoms with Crippen LogP contribution in [-0.2, 0) is 10.0 Å². The summed E-state index contributed by atoms with van der Waals surface area (Å²) < 4.78 is 24.8. The molecule has 0 aromatic carbocycles. The Hall–Kier alpha value is -0.130. The monoisotopic (exact) mass is 220 g/mol. The zero-order valence-electron chi connectivity index (χ0n) is 9.23. The summed E-state index contributed by atoms with van der Waals surface area (Å²) in [5.74, 6) is 0.214. The first-order valence-electron chi connectivity index (χ1n) is 5.23. The van der Waals surface area contributed by atoms with Crippen molar-refractivity contribution in [2.45, 2.75) is 26.8 Å². The largest absolute Gasteiger partial charge is 0.298 e. The van der Waals surface area contributed by atoms with Gasteiger partial charge >= 0.3 is 0 Å². The van der Waals surface area contributed by atoms with Crippen molar-refractivity contribution in [2.24, 2.45) is 0 Å². The molecule has 0 aliphatic carbocycles. The van der Waals surface area contributed by atoms with E-state index in [2.05, 4.69) is 18.7 Å². The Bertz CT molecular complexity index is 277. The average molecular weight is 220 g/mol. The predicted molar refractivity (Wildman–Crippen MR) is 57.7 cm³/mol. The Morgan fingerprint density at radius 2 is 1.93 bits per heavy atom. The molecule has 14 heavy (non-hydrogen) atoms. The van der Waals surface area contributed by atoms with Gasteiger partial charge in [-0.1, -0.05) is 6.92 Å². The highest BCUT2D eigenvalue weighted by atomic mass is 32.2. The van der Waals surface area contributed by atoms with Crippen molar-refractivity contribution in [3.8, 4) is 0 Å². The molecule has 4 nitrogen and oxygen atoms in total. The molecule has 0 spiro atoms. The van der Waals surface area contributed by atoms with Crippen LogP contribution in [0.3, 0.4) is 0 Å². The minimum absolute atomic E-state index is 0.214. The molecule has 0 radical (unpaired) electrons. The van der Waals surface area contributed by atoms with E-state index in [1.807, 2.05) is 0 Å². The molecule has 1 aliphatic rings. The van der Waals surface area contributed by atoms with Crippen LogP contribution in [0.1, 0.15) is 20.8 Å². The Morgan fingerprint density at radius 1 is 1.29 bits per heavy atom. The first kappa shape index (κ1) is 11.9. The molecule has 1 atom stereocenters. The molecule has 0 amide bonds. The third kappa shape index (κ3) is 2.46. The van der Waals surface area contributed by atoms with Crippen LogP contribution in [0.4, 0.5) is 0 Å². The van der Waals surface area contributed by atoms with Crippen molar-refractivity contribution in [3.63, 3.8) is 0 Å². The van der Waals surface area contributed by atoms with Crippen molar-refractivity contribution in [1.82, 2.24) is 9.21 Å².